The van der Waals surface area contributed by atoms with E-state index >= 15 is 0 Å². The number of carbonyl (C=O) groups is 1. The molecule has 3 heteroatoms. The Bertz CT molecular complexity index is 194. The number of nitrogens with zero attached hydrogens (tertiary/aromatic N) is 1. The number of likely N-dealkylation sites (tertiary alicyclic amines) is 1. The van der Waals surface area contributed by atoms with Gasteiger partial charge in [-0.1, -0.05) is 13.8 Å². The summed E-state index contributed by atoms with van der Waals surface area (Å²) in [6.07, 6.45) is 2.21. The first kappa shape index (κ1) is 11.5. The fourth-order valence-electron chi connectivity index (χ4n) is 2.19. The van der Waals surface area contributed by atoms with Crippen LogP contribution in [0.3, 0.4) is 0 Å². The summed E-state index contributed by atoms with van der Waals surface area (Å²) in [7, 11) is 1.46. The lowest BCUT2D eigenvalue weighted by atomic mass is 9.95. The van der Waals surface area contributed by atoms with Crippen LogP contribution in [0.1, 0.15) is 26.7 Å². The lowest BCUT2D eigenvalue weighted by molar-refractivity contribution is -0.145. The van der Waals surface area contributed by atoms with Crippen molar-refractivity contribution in [3.05, 3.63) is 0 Å². The molecule has 0 N–H and O–H groups in total. The van der Waals surface area contributed by atoms with Crippen molar-refractivity contribution < 1.29 is 9.53 Å². The van der Waals surface area contributed by atoms with E-state index in [0.717, 1.165) is 19.5 Å². The maximum atomic E-state index is 11.2. The third-order valence-electron chi connectivity index (χ3n) is 3.11. The van der Waals surface area contributed by atoms with E-state index in [1.165, 1.54) is 20.1 Å². The minimum absolute atomic E-state index is 0.0572. The molecule has 0 aromatic rings. The lowest BCUT2D eigenvalue weighted by Crippen LogP contribution is -2.22. The molecule has 0 saturated carbocycles. The van der Waals surface area contributed by atoms with E-state index in [0.29, 0.717) is 5.92 Å². The summed E-state index contributed by atoms with van der Waals surface area (Å²) in [6, 6.07) is 0. The highest BCUT2D eigenvalue weighted by atomic mass is 16.5. The SMILES string of the molecule is CCN1CCC(CC(C)C(=O)OC)C1. The van der Waals surface area contributed by atoms with Crippen molar-refractivity contribution in [3.63, 3.8) is 0 Å². The van der Waals surface area contributed by atoms with Crippen LogP contribution in [0, 0.1) is 11.8 Å². The molecule has 0 bridgehead atoms. The third-order valence-corrected chi connectivity index (χ3v) is 3.11. The first-order valence-corrected chi connectivity index (χ1v) is 5.47. The van der Waals surface area contributed by atoms with Gasteiger partial charge in [0.05, 0.1) is 13.0 Å². The Balaban J connectivity index is 2.28. The smallest absolute Gasteiger partial charge is 0.308 e. The van der Waals surface area contributed by atoms with E-state index in [2.05, 4.69) is 11.8 Å². The van der Waals surface area contributed by atoms with E-state index in [4.69, 9.17) is 4.74 Å². The molecule has 0 amide bonds. The van der Waals surface area contributed by atoms with Crippen molar-refractivity contribution >= 4 is 5.97 Å². The molecule has 1 aliphatic heterocycles. The van der Waals surface area contributed by atoms with Gasteiger partial charge in [0.25, 0.3) is 0 Å². The average molecular weight is 199 g/mol. The minimum Gasteiger partial charge on any atom is -0.469 e. The molecule has 0 radical (unpaired) electrons. The average Bonchev–Trinajstić information content (AvgIpc) is 2.64. The Morgan fingerprint density at radius 2 is 2.36 bits per heavy atom. The highest BCUT2D eigenvalue weighted by Gasteiger charge is 2.25. The summed E-state index contributed by atoms with van der Waals surface area (Å²) < 4.78 is 4.72. The van der Waals surface area contributed by atoms with Crippen molar-refractivity contribution in [3.8, 4) is 0 Å². The Kier molecular flexibility index (Phi) is 4.39. The molecule has 0 spiro atoms. The van der Waals surface area contributed by atoms with Crippen LogP contribution in [-0.2, 0) is 9.53 Å². The van der Waals surface area contributed by atoms with E-state index < -0.39 is 0 Å². The van der Waals surface area contributed by atoms with Gasteiger partial charge in [-0.25, -0.2) is 0 Å². The normalized spacial score (nSPS) is 24.9. The van der Waals surface area contributed by atoms with Crippen molar-refractivity contribution in [2.24, 2.45) is 11.8 Å². The molecule has 14 heavy (non-hydrogen) atoms. The number of methoxy groups -OCH3 is 1. The van der Waals surface area contributed by atoms with Gasteiger partial charge in [-0.3, -0.25) is 4.79 Å². The fourth-order valence-corrected chi connectivity index (χ4v) is 2.19. The van der Waals surface area contributed by atoms with Crippen LogP contribution in [0.15, 0.2) is 0 Å². The summed E-state index contributed by atoms with van der Waals surface area (Å²) >= 11 is 0. The van der Waals surface area contributed by atoms with Crippen LogP contribution in [0.2, 0.25) is 0 Å². The van der Waals surface area contributed by atoms with Crippen LogP contribution >= 0.6 is 0 Å². The van der Waals surface area contributed by atoms with Crippen molar-refractivity contribution in [1.82, 2.24) is 4.90 Å². The van der Waals surface area contributed by atoms with E-state index in [9.17, 15) is 4.79 Å². The molecule has 0 aromatic carbocycles. The van der Waals surface area contributed by atoms with Gasteiger partial charge in [0.1, 0.15) is 0 Å². The fraction of sp³-hybridized carbons (Fsp3) is 0.909. The zero-order valence-electron chi connectivity index (χ0n) is 9.45. The molecule has 1 fully saturated rings. The van der Waals surface area contributed by atoms with Crippen LogP contribution in [0.25, 0.3) is 0 Å². The van der Waals surface area contributed by atoms with Gasteiger partial charge in [-0.2, -0.15) is 0 Å². The molecule has 2 atom stereocenters. The molecule has 1 aliphatic rings. The molecule has 1 saturated heterocycles. The number of esters is 1. The predicted molar refractivity (Wildman–Crippen MR) is 56.0 cm³/mol. The topological polar surface area (TPSA) is 29.5 Å². The highest BCUT2D eigenvalue weighted by Crippen LogP contribution is 2.23. The van der Waals surface area contributed by atoms with E-state index in [1.807, 2.05) is 6.92 Å². The molecule has 0 aliphatic carbocycles. The summed E-state index contributed by atoms with van der Waals surface area (Å²) in [5.41, 5.74) is 0. The predicted octanol–water partition coefficient (Wildman–Crippen LogP) is 1.53. The highest BCUT2D eigenvalue weighted by molar-refractivity contribution is 5.71. The molecule has 1 rings (SSSR count). The molecular weight excluding hydrogens is 178 g/mol. The standard InChI is InChI=1S/C11H21NO2/c1-4-12-6-5-10(8-12)7-9(2)11(13)14-3/h9-10H,4-8H2,1-3H3. The molecule has 2 unspecified atom stereocenters. The maximum Gasteiger partial charge on any atom is 0.308 e. The lowest BCUT2D eigenvalue weighted by Gasteiger charge is -2.15. The zero-order valence-corrected chi connectivity index (χ0v) is 9.45. The number of rotatable bonds is 4. The van der Waals surface area contributed by atoms with Crippen molar-refractivity contribution in [1.29, 1.82) is 0 Å². The molecular formula is C11H21NO2. The second kappa shape index (κ2) is 5.35. The van der Waals surface area contributed by atoms with E-state index in [-0.39, 0.29) is 11.9 Å². The Morgan fingerprint density at radius 1 is 1.64 bits per heavy atom. The van der Waals surface area contributed by atoms with Gasteiger partial charge in [-0.15, -0.1) is 0 Å². The first-order chi connectivity index (χ1) is 6.67. The van der Waals surface area contributed by atoms with Crippen LogP contribution in [0.5, 0.6) is 0 Å². The van der Waals surface area contributed by atoms with Gasteiger partial charge in [-0.05, 0) is 31.8 Å². The van der Waals surface area contributed by atoms with Crippen molar-refractivity contribution in [2.75, 3.05) is 26.7 Å². The summed E-state index contributed by atoms with van der Waals surface area (Å²) in [4.78, 5) is 13.7. The van der Waals surface area contributed by atoms with Gasteiger partial charge < -0.3 is 9.64 Å². The molecule has 82 valence electrons. The zero-order chi connectivity index (χ0) is 10.6. The van der Waals surface area contributed by atoms with Gasteiger partial charge in [0.2, 0.25) is 0 Å². The second-order valence-corrected chi connectivity index (χ2v) is 4.21. The second-order valence-electron chi connectivity index (χ2n) is 4.21. The largest absolute Gasteiger partial charge is 0.469 e. The number of carbonyl (C=O) groups excluding carboxylic acids is 1. The van der Waals surface area contributed by atoms with Crippen LogP contribution < -0.4 is 0 Å². The third kappa shape index (κ3) is 2.98. The van der Waals surface area contributed by atoms with E-state index in [1.54, 1.807) is 0 Å². The maximum absolute atomic E-state index is 11.2. The number of hydrogen-bond donors (Lipinski definition) is 0. The quantitative estimate of drug-likeness (QED) is 0.643. The van der Waals surface area contributed by atoms with Gasteiger partial charge >= 0.3 is 5.97 Å². The van der Waals surface area contributed by atoms with Crippen LogP contribution in [0.4, 0.5) is 0 Å². The van der Waals surface area contributed by atoms with Gasteiger partial charge in [0, 0.05) is 6.54 Å². The van der Waals surface area contributed by atoms with Crippen molar-refractivity contribution in [2.45, 2.75) is 26.7 Å². The Labute approximate surface area is 86.4 Å². The molecule has 0 aromatic heterocycles. The molecule has 1 heterocycles. The minimum atomic E-state index is -0.0695. The summed E-state index contributed by atoms with van der Waals surface area (Å²) in [5, 5.41) is 0. The monoisotopic (exact) mass is 199 g/mol. The summed E-state index contributed by atoms with van der Waals surface area (Å²) in [5.74, 6) is 0.672. The number of ether oxygens (including phenoxy) is 1. The van der Waals surface area contributed by atoms with Gasteiger partial charge in [0.15, 0.2) is 0 Å². The van der Waals surface area contributed by atoms with Crippen LogP contribution in [-0.4, -0.2) is 37.6 Å². The summed E-state index contributed by atoms with van der Waals surface area (Å²) in [6.45, 7) is 7.61. The Morgan fingerprint density at radius 3 is 2.86 bits per heavy atom. The Hall–Kier alpha value is -0.570. The number of hydrogen-bond acceptors (Lipinski definition) is 3. The first-order valence-electron chi connectivity index (χ1n) is 5.47. The molecule has 3 nitrogen and oxygen atoms in total.